The predicted octanol–water partition coefficient (Wildman–Crippen LogP) is 4.19. The van der Waals surface area contributed by atoms with Crippen molar-refractivity contribution in [3.05, 3.63) is 71.7 Å². The quantitative estimate of drug-likeness (QED) is 0.571. The van der Waals surface area contributed by atoms with Gasteiger partial charge in [-0.15, -0.1) is 10.2 Å². The van der Waals surface area contributed by atoms with E-state index in [0.29, 0.717) is 11.8 Å². The van der Waals surface area contributed by atoms with Gasteiger partial charge in [-0.2, -0.15) is 0 Å². The van der Waals surface area contributed by atoms with Gasteiger partial charge in [0.1, 0.15) is 6.54 Å². The van der Waals surface area contributed by atoms with Gasteiger partial charge in [0.25, 0.3) is 0 Å². The zero-order chi connectivity index (χ0) is 19.8. The molecule has 0 radical (unpaired) electrons. The smallest absolute Gasteiger partial charge is 0.249 e. The third-order valence-corrected chi connectivity index (χ3v) is 5.56. The van der Waals surface area contributed by atoms with Gasteiger partial charge < -0.3 is 14.3 Å². The monoisotopic (exact) mass is 386 g/mol. The number of aromatic nitrogens is 3. The standard InChI is InChI=1S/C23H22N4O2/c1-15-25-26-23(29-15)19-13-27(21-12-5-4-10-18(19)21)14-22(28)24-20-11-6-8-16-7-2-3-9-17(16)20/h2-5,7,9-10,12-13,20H,6,8,11,14H2,1H3,(H,24,28)/t20-/m1/s1. The van der Waals surface area contributed by atoms with Crippen molar-refractivity contribution in [1.82, 2.24) is 20.1 Å². The van der Waals surface area contributed by atoms with Crippen molar-refractivity contribution in [2.24, 2.45) is 0 Å². The van der Waals surface area contributed by atoms with E-state index >= 15 is 0 Å². The zero-order valence-corrected chi connectivity index (χ0v) is 16.3. The van der Waals surface area contributed by atoms with Crippen molar-refractivity contribution in [3.63, 3.8) is 0 Å². The van der Waals surface area contributed by atoms with E-state index in [1.807, 2.05) is 41.1 Å². The van der Waals surface area contributed by atoms with Crippen LogP contribution >= 0.6 is 0 Å². The van der Waals surface area contributed by atoms with Crippen LogP contribution in [0.1, 0.15) is 35.9 Å². The SMILES string of the molecule is Cc1nnc(-c2cn(CC(=O)N[C@@H]3CCCc4ccccc43)c3ccccc23)o1. The number of aryl methyl sites for hydroxylation is 2. The van der Waals surface area contributed by atoms with Crippen LogP contribution in [-0.4, -0.2) is 20.7 Å². The Labute approximate surface area is 168 Å². The topological polar surface area (TPSA) is 73.0 Å². The third kappa shape index (κ3) is 3.31. The van der Waals surface area contributed by atoms with Crippen LogP contribution in [0.15, 0.2) is 59.1 Å². The molecule has 0 spiro atoms. The van der Waals surface area contributed by atoms with Crippen molar-refractivity contribution in [1.29, 1.82) is 0 Å². The summed E-state index contributed by atoms with van der Waals surface area (Å²) in [6.45, 7) is 2.01. The van der Waals surface area contributed by atoms with Gasteiger partial charge in [0, 0.05) is 24.0 Å². The number of benzene rings is 2. The molecule has 1 N–H and O–H groups in total. The van der Waals surface area contributed by atoms with Crippen molar-refractivity contribution in [2.45, 2.75) is 38.8 Å². The van der Waals surface area contributed by atoms with Crippen LogP contribution in [0.4, 0.5) is 0 Å². The molecule has 1 aliphatic rings. The van der Waals surface area contributed by atoms with Crippen molar-refractivity contribution < 1.29 is 9.21 Å². The number of nitrogens with zero attached hydrogens (tertiary/aromatic N) is 3. The molecule has 1 atom stereocenters. The van der Waals surface area contributed by atoms with Crippen LogP contribution in [-0.2, 0) is 17.8 Å². The number of nitrogens with one attached hydrogen (secondary N) is 1. The summed E-state index contributed by atoms with van der Waals surface area (Å²) < 4.78 is 7.57. The summed E-state index contributed by atoms with van der Waals surface area (Å²) in [5.74, 6) is 0.991. The predicted molar refractivity (Wildman–Crippen MR) is 110 cm³/mol. The molecule has 4 aromatic rings. The van der Waals surface area contributed by atoms with Gasteiger partial charge in [-0.05, 0) is 36.5 Å². The Bertz CT molecular complexity index is 1190. The fourth-order valence-electron chi connectivity index (χ4n) is 4.25. The summed E-state index contributed by atoms with van der Waals surface area (Å²) in [5.41, 5.74) is 4.39. The molecule has 0 fully saturated rings. The van der Waals surface area contributed by atoms with Gasteiger partial charge in [-0.3, -0.25) is 4.79 Å². The van der Waals surface area contributed by atoms with Crippen molar-refractivity contribution in [3.8, 4) is 11.5 Å². The molecular formula is C23H22N4O2. The first-order valence-corrected chi connectivity index (χ1v) is 9.94. The van der Waals surface area contributed by atoms with E-state index in [2.05, 4.69) is 33.7 Å². The number of para-hydroxylation sites is 1. The number of hydrogen-bond donors (Lipinski definition) is 1. The highest BCUT2D eigenvalue weighted by molar-refractivity contribution is 5.94. The second-order valence-corrected chi connectivity index (χ2v) is 7.53. The van der Waals surface area contributed by atoms with Gasteiger partial charge in [0.05, 0.1) is 11.6 Å². The Balaban J connectivity index is 1.42. The first-order chi connectivity index (χ1) is 14.2. The Morgan fingerprint density at radius 3 is 2.86 bits per heavy atom. The van der Waals surface area contributed by atoms with Crippen LogP contribution in [0.3, 0.4) is 0 Å². The molecule has 29 heavy (non-hydrogen) atoms. The summed E-state index contributed by atoms with van der Waals surface area (Å²) in [4.78, 5) is 12.9. The lowest BCUT2D eigenvalue weighted by Gasteiger charge is -2.26. The van der Waals surface area contributed by atoms with E-state index in [0.717, 1.165) is 35.7 Å². The molecule has 0 aliphatic heterocycles. The molecule has 146 valence electrons. The summed E-state index contributed by atoms with van der Waals surface area (Å²) in [6.07, 6.45) is 5.07. The van der Waals surface area contributed by atoms with E-state index < -0.39 is 0 Å². The molecule has 1 aliphatic carbocycles. The summed E-state index contributed by atoms with van der Waals surface area (Å²) in [6, 6.07) is 16.4. The highest BCUT2D eigenvalue weighted by Crippen LogP contribution is 2.31. The molecular weight excluding hydrogens is 364 g/mol. The minimum absolute atomic E-state index is 0.000663. The van der Waals surface area contributed by atoms with E-state index in [1.165, 1.54) is 11.1 Å². The molecule has 6 nitrogen and oxygen atoms in total. The minimum atomic E-state index is 0.000663. The number of carbonyl (C=O) groups is 1. The Morgan fingerprint density at radius 2 is 2.00 bits per heavy atom. The Morgan fingerprint density at radius 1 is 1.17 bits per heavy atom. The summed E-state index contributed by atoms with van der Waals surface area (Å²) in [7, 11) is 0. The third-order valence-electron chi connectivity index (χ3n) is 5.56. The van der Waals surface area contributed by atoms with Gasteiger partial charge in [0.15, 0.2) is 0 Å². The molecule has 0 unspecified atom stereocenters. The highest BCUT2D eigenvalue weighted by atomic mass is 16.4. The second-order valence-electron chi connectivity index (χ2n) is 7.53. The average molecular weight is 386 g/mol. The van der Waals surface area contributed by atoms with E-state index in [-0.39, 0.29) is 18.5 Å². The fourth-order valence-corrected chi connectivity index (χ4v) is 4.25. The molecule has 2 aromatic heterocycles. The number of rotatable bonds is 4. The minimum Gasteiger partial charge on any atom is -0.421 e. The van der Waals surface area contributed by atoms with E-state index in [1.54, 1.807) is 6.92 Å². The maximum atomic E-state index is 12.9. The molecule has 0 saturated heterocycles. The molecule has 2 heterocycles. The fraction of sp³-hybridized carbons (Fsp3) is 0.261. The van der Waals surface area contributed by atoms with E-state index in [4.69, 9.17) is 4.42 Å². The maximum Gasteiger partial charge on any atom is 0.249 e. The van der Waals surface area contributed by atoms with Crippen LogP contribution in [0.5, 0.6) is 0 Å². The first-order valence-electron chi connectivity index (χ1n) is 9.94. The number of fused-ring (bicyclic) bond motifs is 2. The van der Waals surface area contributed by atoms with Gasteiger partial charge in [-0.1, -0.05) is 42.5 Å². The zero-order valence-electron chi connectivity index (χ0n) is 16.3. The number of carbonyl (C=O) groups excluding carboxylic acids is 1. The van der Waals surface area contributed by atoms with Crippen LogP contribution in [0.25, 0.3) is 22.4 Å². The Kier molecular flexibility index (Phi) is 4.39. The molecule has 0 saturated carbocycles. The van der Waals surface area contributed by atoms with E-state index in [9.17, 15) is 4.79 Å². The lowest BCUT2D eigenvalue weighted by molar-refractivity contribution is -0.122. The van der Waals surface area contributed by atoms with Gasteiger partial charge in [-0.25, -0.2) is 0 Å². The molecule has 1 amide bonds. The van der Waals surface area contributed by atoms with Crippen molar-refractivity contribution in [2.75, 3.05) is 0 Å². The number of amides is 1. The number of hydrogen-bond acceptors (Lipinski definition) is 4. The largest absolute Gasteiger partial charge is 0.421 e. The maximum absolute atomic E-state index is 12.9. The van der Waals surface area contributed by atoms with Crippen molar-refractivity contribution >= 4 is 16.8 Å². The van der Waals surface area contributed by atoms with Gasteiger partial charge in [0.2, 0.25) is 17.7 Å². The first kappa shape index (κ1) is 17.7. The summed E-state index contributed by atoms with van der Waals surface area (Å²) >= 11 is 0. The second kappa shape index (κ2) is 7.20. The molecule has 0 bridgehead atoms. The molecule has 2 aromatic carbocycles. The highest BCUT2D eigenvalue weighted by Gasteiger charge is 2.22. The normalized spacial score (nSPS) is 16.0. The van der Waals surface area contributed by atoms with Gasteiger partial charge >= 0.3 is 0 Å². The van der Waals surface area contributed by atoms with Crippen LogP contribution in [0.2, 0.25) is 0 Å². The summed E-state index contributed by atoms with van der Waals surface area (Å²) in [5, 5.41) is 12.3. The van der Waals surface area contributed by atoms with Crippen LogP contribution in [0, 0.1) is 6.92 Å². The lowest BCUT2D eigenvalue weighted by Crippen LogP contribution is -2.33. The Hall–Kier alpha value is -3.41. The molecule has 6 heteroatoms. The van der Waals surface area contributed by atoms with Crippen LogP contribution < -0.4 is 5.32 Å². The molecule has 5 rings (SSSR count). The lowest BCUT2D eigenvalue weighted by atomic mass is 9.88. The average Bonchev–Trinajstić information content (AvgIpc) is 3.32.